The third-order valence-corrected chi connectivity index (χ3v) is 2.04. The molecule has 1 aromatic rings. The number of aromatic nitrogens is 1. The Kier molecular flexibility index (Phi) is 2.60. The molecule has 0 aromatic carbocycles. The molecule has 0 amide bonds. The number of rotatable bonds is 1. The van der Waals surface area contributed by atoms with Crippen LogP contribution in [0.1, 0.15) is 39.0 Å². The summed E-state index contributed by atoms with van der Waals surface area (Å²) in [6, 6.07) is 1.80. The lowest BCUT2D eigenvalue weighted by atomic mass is 9.90. The first-order valence-corrected chi connectivity index (χ1v) is 4.63. The second-order valence-electron chi connectivity index (χ2n) is 4.31. The highest BCUT2D eigenvalue weighted by Gasteiger charge is 2.19. The molecule has 2 heteroatoms. The van der Waals surface area contributed by atoms with Crippen LogP contribution in [0.5, 0.6) is 5.75 Å². The molecule has 1 heterocycles. The van der Waals surface area contributed by atoms with Crippen molar-refractivity contribution in [3.63, 3.8) is 0 Å². The fourth-order valence-electron chi connectivity index (χ4n) is 1.27. The van der Waals surface area contributed by atoms with Gasteiger partial charge >= 0.3 is 0 Å². The van der Waals surface area contributed by atoms with Crippen molar-refractivity contribution in [3.8, 4) is 5.75 Å². The minimum atomic E-state index is -0.0869. The Morgan fingerprint density at radius 2 is 2.00 bits per heavy atom. The van der Waals surface area contributed by atoms with Crippen LogP contribution in [-0.4, -0.2) is 10.1 Å². The fraction of sp³-hybridized carbons (Fsp3) is 0.545. The molecule has 0 fully saturated rings. The average Bonchev–Trinajstić information content (AvgIpc) is 2.01. The number of pyridine rings is 1. The summed E-state index contributed by atoms with van der Waals surface area (Å²) in [6.45, 7) is 8.18. The maximum absolute atomic E-state index is 9.70. The van der Waals surface area contributed by atoms with Crippen molar-refractivity contribution in [2.45, 2.75) is 39.5 Å². The third-order valence-electron chi connectivity index (χ3n) is 2.04. The summed E-state index contributed by atoms with van der Waals surface area (Å²) in [5, 5.41) is 9.70. The van der Waals surface area contributed by atoms with Crippen LogP contribution in [0, 0.1) is 0 Å². The molecule has 1 rings (SSSR count). The highest BCUT2D eigenvalue weighted by Crippen LogP contribution is 2.28. The van der Waals surface area contributed by atoms with Gasteiger partial charge in [-0.1, -0.05) is 27.7 Å². The van der Waals surface area contributed by atoms with E-state index in [0.29, 0.717) is 5.75 Å². The van der Waals surface area contributed by atoms with E-state index in [-0.39, 0.29) is 5.41 Å². The van der Waals surface area contributed by atoms with Gasteiger partial charge in [-0.25, -0.2) is 0 Å². The highest BCUT2D eigenvalue weighted by molar-refractivity contribution is 5.34. The third kappa shape index (κ3) is 2.20. The van der Waals surface area contributed by atoms with Crippen molar-refractivity contribution in [3.05, 3.63) is 23.5 Å². The van der Waals surface area contributed by atoms with E-state index in [1.807, 2.05) is 33.9 Å². The number of aromatic hydroxyl groups is 1. The Labute approximate surface area is 79.6 Å². The van der Waals surface area contributed by atoms with Crippen LogP contribution in [0.25, 0.3) is 0 Å². The van der Waals surface area contributed by atoms with Crippen LogP contribution in [0.2, 0.25) is 0 Å². The van der Waals surface area contributed by atoms with Crippen LogP contribution >= 0.6 is 0 Å². The van der Waals surface area contributed by atoms with Gasteiger partial charge in [0, 0.05) is 11.6 Å². The molecule has 0 radical (unpaired) electrons. The molecule has 0 saturated carbocycles. The largest absolute Gasteiger partial charge is 0.506 e. The monoisotopic (exact) mass is 179 g/mol. The van der Waals surface area contributed by atoms with Crippen molar-refractivity contribution in [2.75, 3.05) is 0 Å². The standard InChI is InChI=1S/C11H17NO/c1-5-8-6-9(13)10(12-7-8)11(2,3)4/h6-7,13H,5H2,1-4H3. The van der Waals surface area contributed by atoms with E-state index in [1.54, 1.807) is 6.07 Å². The topological polar surface area (TPSA) is 33.1 Å². The number of hydrogen-bond donors (Lipinski definition) is 1. The molecule has 0 saturated heterocycles. The summed E-state index contributed by atoms with van der Waals surface area (Å²) >= 11 is 0. The van der Waals surface area contributed by atoms with Gasteiger partial charge in [0.2, 0.25) is 0 Å². The Hall–Kier alpha value is -1.05. The molecule has 13 heavy (non-hydrogen) atoms. The Morgan fingerprint density at radius 3 is 2.38 bits per heavy atom. The molecule has 0 aliphatic rings. The zero-order chi connectivity index (χ0) is 10.1. The highest BCUT2D eigenvalue weighted by atomic mass is 16.3. The SMILES string of the molecule is CCc1cnc(C(C)(C)C)c(O)c1. The van der Waals surface area contributed by atoms with Crippen molar-refractivity contribution in [2.24, 2.45) is 0 Å². The van der Waals surface area contributed by atoms with E-state index >= 15 is 0 Å². The van der Waals surface area contributed by atoms with E-state index < -0.39 is 0 Å². The number of aryl methyl sites for hydroxylation is 1. The average molecular weight is 179 g/mol. The molecule has 0 aliphatic carbocycles. The molecule has 0 unspecified atom stereocenters. The molecule has 1 aromatic heterocycles. The van der Waals surface area contributed by atoms with Gasteiger partial charge in [0.1, 0.15) is 5.75 Å². The van der Waals surface area contributed by atoms with Gasteiger partial charge in [-0.2, -0.15) is 0 Å². The second-order valence-corrected chi connectivity index (χ2v) is 4.31. The predicted molar refractivity (Wildman–Crippen MR) is 54.0 cm³/mol. The van der Waals surface area contributed by atoms with E-state index in [9.17, 15) is 5.11 Å². The Balaban J connectivity index is 3.13. The zero-order valence-corrected chi connectivity index (χ0v) is 8.76. The lowest BCUT2D eigenvalue weighted by molar-refractivity contribution is 0.437. The first kappa shape index (κ1) is 10.0. The van der Waals surface area contributed by atoms with Crippen LogP contribution in [0.4, 0.5) is 0 Å². The second kappa shape index (κ2) is 3.36. The first-order chi connectivity index (χ1) is 5.95. The quantitative estimate of drug-likeness (QED) is 0.719. The molecule has 1 N–H and O–H groups in total. The maximum Gasteiger partial charge on any atom is 0.137 e. The Morgan fingerprint density at radius 1 is 1.38 bits per heavy atom. The number of nitrogens with zero attached hydrogens (tertiary/aromatic N) is 1. The molecular formula is C11H17NO. The summed E-state index contributed by atoms with van der Waals surface area (Å²) in [4.78, 5) is 4.27. The van der Waals surface area contributed by atoms with Crippen LogP contribution in [-0.2, 0) is 11.8 Å². The van der Waals surface area contributed by atoms with Gasteiger partial charge in [-0.05, 0) is 18.1 Å². The smallest absolute Gasteiger partial charge is 0.137 e. The van der Waals surface area contributed by atoms with Crippen molar-refractivity contribution < 1.29 is 5.11 Å². The molecular weight excluding hydrogens is 162 g/mol. The van der Waals surface area contributed by atoms with Gasteiger partial charge in [0.15, 0.2) is 0 Å². The summed E-state index contributed by atoms with van der Waals surface area (Å²) < 4.78 is 0. The molecule has 72 valence electrons. The lowest BCUT2D eigenvalue weighted by Crippen LogP contribution is -2.13. The molecule has 2 nitrogen and oxygen atoms in total. The van der Waals surface area contributed by atoms with Crippen molar-refractivity contribution >= 4 is 0 Å². The van der Waals surface area contributed by atoms with Gasteiger partial charge in [-0.15, -0.1) is 0 Å². The van der Waals surface area contributed by atoms with E-state index in [1.165, 1.54) is 0 Å². The van der Waals surface area contributed by atoms with Crippen LogP contribution in [0.3, 0.4) is 0 Å². The summed E-state index contributed by atoms with van der Waals surface area (Å²) in [7, 11) is 0. The lowest BCUT2D eigenvalue weighted by Gasteiger charge is -2.19. The van der Waals surface area contributed by atoms with Crippen LogP contribution < -0.4 is 0 Å². The van der Waals surface area contributed by atoms with Gasteiger partial charge in [0.05, 0.1) is 5.69 Å². The zero-order valence-electron chi connectivity index (χ0n) is 8.76. The minimum absolute atomic E-state index is 0.0869. The first-order valence-electron chi connectivity index (χ1n) is 4.63. The normalized spacial score (nSPS) is 11.7. The Bertz CT molecular complexity index is 299. The molecule has 0 aliphatic heterocycles. The van der Waals surface area contributed by atoms with E-state index in [2.05, 4.69) is 4.98 Å². The number of hydrogen-bond acceptors (Lipinski definition) is 2. The predicted octanol–water partition coefficient (Wildman–Crippen LogP) is 2.65. The summed E-state index contributed by atoms with van der Waals surface area (Å²) in [5.74, 6) is 0.312. The van der Waals surface area contributed by atoms with Gasteiger partial charge < -0.3 is 5.11 Å². The summed E-state index contributed by atoms with van der Waals surface area (Å²) in [5.41, 5.74) is 1.76. The fourth-order valence-corrected chi connectivity index (χ4v) is 1.27. The molecule has 0 atom stereocenters. The maximum atomic E-state index is 9.70. The van der Waals surface area contributed by atoms with E-state index in [4.69, 9.17) is 0 Å². The molecule has 0 spiro atoms. The summed E-state index contributed by atoms with van der Waals surface area (Å²) in [6.07, 6.45) is 2.74. The van der Waals surface area contributed by atoms with E-state index in [0.717, 1.165) is 17.7 Å². The molecule has 0 bridgehead atoms. The van der Waals surface area contributed by atoms with Crippen LogP contribution in [0.15, 0.2) is 12.3 Å². The van der Waals surface area contributed by atoms with Gasteiger partial charge in [0.25, 0.3) is 0 Å². The van der Waals surface area contributed by atoms with Gasteiger partial charge in [-0.3, -0.25) is 4.98 Å². The minimum Gasteiger partial charge on any atom is -0.506 e. The van der Waals surface area contributed by atoms with Crippen molar-refractivity contribution in [1.29, 1.82) is 0 Å². The van der Waals surface area contributed by atoms with Crippen molar-refractivity contribution in [1.82, 2.24) is 4.98 Å².